The van der Waals surface area contributed by atoms with E-state index in [2.05, 4.69) is 16.9 Å². The van der Waals surface area contributed by atoms with Crippen molar-refractivity contribution < 1.29 is 14.7 Å². The molecule has 21 heavy (non-hydrogen) atoms. The van der Waals surface area contributed by atoms with E-state index in [0.29, 0.717) is 25.9 Å². The van der Waals surface area contributed by atoms with Crippen LogP contribution in [0, 0.1) is 5.92 Å². The highest BCUT2D eigenvalue weighted by Gasteiger charge is 2.31. The minimum Gasteiger partial charge on any atom is -0.481 e. The maximum atomic E-state index is 11.8. The van der Waals surface area contributed by atoms with Crippen molar-refractivity contribution in [2.24, 2.45) is 5.92 Å². The maximum absolute atomic E-state index is 11.8. The van der Waals surface area contributed by atoms with Gasteiger partial charge in [0.25, 0.3) is 0 Å². The first kappa shape index (κ1) is 18.1. The number of carboxylic acids is 1. The highest BCUT2D eigenvalue weighted by molar-refractivity contribution is 8.00. The van der Waals surface area contributed by atoms with Crippen LogP contribution in [0.3, 0.4) is 0 Å². The second-order valence-corrected chi connectivity index (χ2v) is 7.21. The van der Waals surface area contributed by atoms with E-state index in [1.165, 1.54) is 32.1 Å². The molecular formula is C15H28N2O3S. The first-order valence-corrected chi connectivity index (χ1v) is 9.01. The number of aliphatic carboxylic acids is 1. The van der Waals surface area contributed by atoms with Crippen molar-refractivity contribution >= 4 is 23.8 Å². The van der Waals surface area contributed by atoms with Crippen LogP contribution < -0.4 is 10.6 Å². The van der Waals surface area contributed by atoms with E-state index in [-0.39, 0.29) is 16.7 Å². The number of carbonyl (C=O) groups excluding carboxylic acids is 1. The Kier molecular flexibility index (Phi) is 7.93. The van der Waals surface area contributed by atoms with Crippen molar-refractivity contribution in [3.63, 3.8) is 0 Å². The van der Waals surface area contributed by atoms with E-state index >= 15 is 0 Å². The van der Waals surface area contributed by atoms with Gasteiger partial charge in [0.2, 0.25) is 0 Å². The van der Waals surface area contributed by atoms with Gasteiger partial charge < -0.3 is 15.7 Å². The Morgan fingerprint density at radius 1 is 1.24 bits per heavy atom. The number of rotatable bonds is 8. The molecule has 0 aliphatic heterocycles. The average Bonchev–Trinajstić information content (AvgIpc) is 2.50. The molecule has 122 valence electrons. The second-order valence-electron chi connectivity index (χ2n) is 5.94. The van der Waals surface area contributed by atoms with Gasteiger partial charge in [0.1, 0.15) is 0 Å². The van der Waals surface area contributed by atoms with E-state index < -0.39 is 5.97 Å². The molecule has 1 unspecified atom stereocenters. The molecule has 0 bridgehead atoms. The van der Waals surface area contributed by atoms with Crippen molar-refractivity contribution in [2.45, 2.75) is 56.6 Å². The largest absolute Gasteiger partial charge is 0.481 e. The molecule has 2 amide bonds. The molecule has 0 aromatic rings. The molecule has 0 aromatic heterocycles. The number of nitrogens with one attached hydrogen (secondary N) is 2. The number of thioether (sulfide) groups is 1. The number of hydrogen-bond donors (Lipinski definition) is 3. The third-order valence-corrected chi connectivity index (χ3v) is 5.71. The summed E-state index contributed by atoms with van der Waals surface area (Å²) in [5.41, 5.74) is 0. The van der Waals surface area contributed by atoms with Gasteiger partial charge in [0, 0.05) is 17.8 Å². The van der Waals surface area contributed by atoms with Crippen molar-refractivity contribution in [1.82, 2.24) is 10.6 Å². The molecule has 3 N–H and O–H groups in total. The third kappa shape index (κ3) is 6.59. The van der Waals surface area contributed by atoms with Gasteiger partial charge in [-0.3, -0.25) is 4.79 Å². The fraction of sp³-hybridized carbons (Fsp3) is 0.867. The lowest BCUT2D eigenvalue weighted by Crippen LogP contribution is -2.45. The van der Waals surface area contributed by atoms with Crippen LogP contribution in [0.25, 0.3) is 0 Å². The van der Waals surface area contributed by atoms with Gasteiger partial charge in [0.05, 0.1) is 5.92 Å². The first-order chi connectivity index (χ1) is 9.99. The molecule has 1 atom stereocenters. The van der Waals surface area contributed by atoms with Crippen LogP contribution >= 0.6 is 11.8 Å². The highest BCUT2D eigenvalue weighted by Crippen LogP contribution is 2.37. The quantitative estimate of drug-likeness (QED) is 0.602. The van der Waals surface area contributed by atoms with Crippen LogP contribution in [0.1, 0.15) is 51.9 Å². The predicted molar refractivity (Wildman–Crippen MR) is 86.8 cm³/mol. The van der Waals surface area contributed by atoms with Crippen molar-refractivity contribution in [3.8, 4) is 0 Å². The SMILES string of the molecule is CSC1(CNC(=O)NCCCC(C)C(=O)O)CCCCC1. The van der Waals surface area contributed by atoms with Crippen LogP contribution in [0.2, 0.25) is 0 Å². The lowest BCUT2D eigenvalue weighted by molar-refractivity contribution is -0.141. The molecule has 1 aliphatic carbocycles. The molecule has 1 aliphatic rings. The number of carbonyl (C=O) groups is 2. The fourth-order valence-electron chi connectivity index (χ4n) is 2.69. The van der Waals surface area contributed by atoms with Crippen molar-refractivity contribution in [3.05, 3.63) is 0 Å². The summed E-state index contributed by atoms with van der Waals surface area (Å²) < 4.78 is 0.202. The molecule has 0 aromatic carbocycles. The molecule has 5 nitrogen and oxygen atoms in total. The summed E-state index contributed by atoms with van der Waals surface area (Å²) in [6.07, 6.45) is 9.54. The molecule has 0 heterocycles. The lowest BCUT2D eigenvalue weighted by atomic mass is 9.88. The molecule has 6 heteroatoms. The van der Waals surface area contributed by atoms with Crippen LogP contribution in [0.4, 0.5) is 4.79 Å². The fourth-order valence-corrected chi connectivity index (χ4v) is 3.60. The Hall–Kier alpha value is -0.910. The van der Waals surface area contributed by atoms with E-state index in [9.17, 15) is 9.59 Å². The summed E-state index contributed by atoms with van der Waals surface area (Å²) in [5.74, 6) is -1.13. The predicted octanol–water partition coefficient (Wildman–Crippen LogP) is 2.85. The molecule has 1 fully saturated rings. The lowest BCUT2D eigenvalue weighted by Gasteiger charge is -2.35. The van der Waals surface area contributed by atoms with Gasteiger partial charge >= 0.3 is 12.0 Å². The van der Waals surface area contributed by atoms with E-state index in [1.54, 1.807) is 6.92 Å². The van der Waals surface area contributed by atoms with Gasteiger partial charge in [-0.2, -0.15) is 11.8 Å². The molecule has 0 spiro atoms. The highest BCUT2D eigenvalue weighted by atomic mass is 32.2. The smallest absolute Gasteiger partial charge is 0.314 e. The number of urea groups is 1. The minimum atomic E-state index is -0.779. The summed E-state index contributed by atoms with van der Waals surface area (Å²) in [6.45, 7) is 2.93. The zero-order valence-corrected chi connectivity index (χ0v) is 13.9. The van der Waals surface area contributed by atoms with Crippen LogP contribution in [-0.2, 0) is 4.79 Å². The van der Waals surface area contributed by atoms with Gasteiger partial charge in [-0.15, -0.1) is 0 Å². The Morgan fingerprint density at radius 2 is 1.90 bits per heavy atom. The Labute approximate surface area is 131 Å². The van der Waals surface area contributed by atoms with Crippen LogP contribution in [0.15, 0.2) is 0 Å². The Morgan fingerprint density at radius 3 is 2.48 bits per heavy atom. The van der Waals surface area contributed by atoms with Gasteiger partial charge in [-0.25, -0.2) is 4.79 Å². The molecule has 0 saturated heterocycles. The monoisotopic (exact) mass is 316 g/mol. The average molecular weight is 316 g/mol. The summed E-state index contributed by atoms with van der Waals surface area (Å²) in [7, 11) is 0. The minimum absolute atomic E-state index is 0.142. The third-order valence-electron chi connectivity index (χ3n) is 4.29. The molecular weight excluding hydrogens is 288 g/mol. The topological polar surface area (TPSA) is 78.4 Å². The van der Waals surface area contributed by atoms with Gasteiger partial charge in [-0.1, -0.05) is 26.2 Å². The Balaban J connectivity index is 2.17. The molecule has 1 rings (SSSR count). The summed E-state index contributed by atoms with van der Waals surface area (Å²) in [5, 5.41) is 14.5. The number of carboxylic acid groups (broad SMARTS) is 1. The number of hydrogen-bond acceptors (Lipinski definition) is 3. The second kappa shape index (κ2) is 9.18. The zero-order valence-electron chi connectivity index (χ0n) is 13.1. The van der Waals surface area contributed by atoms with Gasteiger partial charge in [-0.05, 0) is 31.9 Å². The summed E-state index contributed by atoms with van der Waals surface area (Å²) >= 11 is 1.86. The van der Waals surface area contributed by atoms with E-state index in [0.717, 1.165) is 0 Å². The molecule has 0 radical (unpaired) electrons. The van der Waals surface area contributed by atoms with Crippen LogP contribution in [0.5, 0.6) is 0 Å². The van der Waals surface area contributed by atoms with Gasteiger partial charge in [0.15, 0.2) is 0 Å². The first-order valence-electron chi connectivity index (χ1n) is 7.79. The normalized spacial score (nSPS) is 18.8. The van der Waals surface area contributed by atoms with E-state index in [4.69, 9.17) is 5.11 Å². The number of amides is 2. The summed E-state index contributed by atoms with van der Waals surface area (Å²) in [6, 6.07) is -0.142. The maximum Gasteiger partial charge on any atom is 0.314 e. The molecule has 1 saturated carbocycles. The van der Waals surface area contributed by atoms with Crippen molar-refractivity contribution in [1.29, 1.82) is 0 Å². The Bertz CT molecular complexity index is 344. The zero-order chi connectivity index (χ0) is 15.7. The van der Waals surface area contributed by atoms with Crippen molar-refractivity contribution in [2.75, 3.05) is 19.3 Å². The van der Waals surface area contributed by atoms with E-state index in [1.807, 2.05) is 11.8 Å². The standard InChI is InChI=1S/C15H28N2O3S/c1-12(13(18)19)7-6-10-16-14(20)17-11-15(21-2)8-4-3-5-9-15/h12H,3-11H2,1-2H3,(H,18,19)(H2,16,17,20). The summed E-state index contributed by atoms with van der Waals surface area (Å²) in [4.78, 5) is 22.4. The van der Waals surface area contributed by atoms with Crippen LogP contribution in [-0.4, -0.2) is 41.2 Å².